The number of non-ortho nitro benzene ring substituents is 1. The van der Waals surface area contributed by atoms with Crippen molar-refractivity contribution in [1.29, 1.82) is 0 Å². The van der Waals surface area contributed by atoms with E-state index < -0.39 is 44.2 Å². The highest BCUT2D eigenvalue weighted by Gasteiger charge is 2.34. The van der Waals surface area contributed by atoms with Gasteiger partial charge in [-0.05, 0) is 42.8 Å². The molecule has 0 fully saturated rings. The zero-order chi connectivity index (χ0) is 21.3. The maximum Gasteiger partial charge on any atom is 0.419 e. The van der Waals surface area contributed by atoms with Gasteiger partial charge in [-0.2, -0.15) is 13.2 Å². The Morgan fingerprint density at radius 1 is 1.21 bits per heavy atom. The zero-order valence-corrected chi connectivity index (χ0v) is 16.4. The smallest absolute Gasteiger partial charge is 0.324 e. The molecule has 0 radical (unpaired) electrons. The first kappa shape index (κ1) is 24.8. The first-order chi connectivity index (χ1) is 12.9. The van der Waals surface area contributed by atoms with Crippen LogP contribution in [0.5, 0.6) is 0 Å². The van der Waals surface area contributed by atoms with E-state index in [1.54, 1.807) is 0 Å². The van der Waals surface area contributed by atoms with Crippen LogP contribution in [0.2, 0.25) is 0 Å². The van der Waals surface area contributed by atoms with Crippen LogP contribution in [0.15, 0.2) is 41.3 Å². The summed E-state index contributed by atoms with van der Waals surface area (Å²) in [7, 11) is -2.84. The standard InChI is InChI=1S/C16H15F4N3O4S.ClH/c1-22-28(26,27)15-5-3-11(23(24)25)6-10(15)8-14(21)9-2-4-12(13(17)7-9)16(18,19)20;/h2-7,14,22H,8,21H2,1H3;1H/t14-;/m0./s1. The molecule has 0 aromatic heterocycles. The normalized spacial score (nSPS) is 12.9. The number of nitro groups is 1. The van der Waals surface area contributed by atoms with Crippen molar-refractivity contribution >= 4 is 28.1 Å². The number of rotatable bonds is 6. The average molecular weight is 458 g/mol. The second kappa shape index (κ2) is 9.03. The number of benzene rings is 2. The summed E-state index contributed by atoms with van der Waals surface area (Å²) in [5.74, 6) is -1.53. The van der Waals surface area contributed by atoms with Gasteiger partial charge in [0.1, 0.15) is 5.82 Å². The lowest BCUT2D eigenvalue weighted by Gasteiger charge is -2.16. The van der Waals surface area contributed by atoms with Crippen molar-refractivity contribution in [3.8, 4) is 0 Å². The molecule has 0 amide bonds. The van der Waals surface area contributed by atoms with Crippen molar-refractivity contribution in [3.05, 3.63) is 69.0 Å². The van der Waals surface area contributed by atoms with Gasteiger partial charge in [-0.1, -0.05) is 6.07 Å². The van der Waals surface area contributed by atoms with Gasteiger partial charge in [-0.25, -0.2) is 17.5 Å². The van der Waals surface area contributed by atoms with Crippen LogP contribution in [0.1, 0.15) is 22.7 Å². The number of alkyl halides is 3. The topological polar surface area (TPSA) is 115 Å². The van der Waals surface area contributed by atoms with E-state index in [-0.39, 0.29) is 34.9 Å². The lowest BCUT2D eigenvalue weighted by molar-refractivity contribution is -0.385. The lowest BCUT2D eigenvalue weighted by Crippen LogP contribution is -2.22. The Balaban J connectivity index is 0.00000420. The van der Waals surface area contributed by atoms with Crippen molar-refractivity contribution in [2.24, 2.45) is 5.73 Å². The van der Waals surface area contributed by atoms with Crippen molar-refractivity contribution in [2.45, 2.75) is 23.5 Å². The zero-order valence-electron chi connectivity index (χ0n) is 14.7. The summed E-state index contributed by atoms with van der Waals surface area (Å²) in [5.41, 5.74) is 3.99. The first-order valence-corrected chi connectivity index (χ1v) is 9.18. The summed E-state index contributed by atoms with van der Waals surface area (Å²) < 4.78 is 78.1. The molecule has 0 bridgehead atoms. The monoisotopic (exact) mass is 457 g/mol. The number of nitro benzene ring substituents is 1. The molecule has 160 valence electrons. The third-order valence-corrected chi connectivity index (χ3v) is 5.49. The summed E-state index contributed by atoms with van der Waals surface area (Å²) >= 11 is 0. The van der Waals surface area contributed by atoms with Gasteiger partial charge >= 0.3 is 6.18 Å². The number of nitrogens with zero attached hydrogens (tertiary/aromatic N) is 1. The van der Waals surface area contributed by atoms with E-state index in [4.69, 9.17) is 5.73 Å². The van der Waals surface area contributed by atoms with Crippen LogP contribution in [-0.4, -0.2) is 20.4 Å². The Kier molecular flexibility index (Phi) is 7.71. The van der Waals surface area contributed by atoms with Crippen LogP contribution in [0, 0.1) is 15.9 Å². The minimum Gasteiger partial charge on any atom is -0.324 e. The van der Waals surface area contributed by atoms with Crippen molar-refractivity contribution < 1.29 is 30.9 Å². The SMILES string of the molecule is CNS(=O)(=O)c1ccc([N+](=O)[O-])cc1C[C@H](N)c1ccc(C(F)(F)F)c(F)c1.Cl. The molecule has 0 saturated heterocycles. The molecule has 2 aromatic carbocycles. The minimum absolute atomic E-state index is 0. The summed E-state index contributed by atoms with van der Waals surface area (Å²) in [6, 6.07) is 4.03. The fourth-order valence-electron chi connectivity index (χ4n) is 2.56. The van der Waals surface area contributed by atoms with E-state index in [1.165, 1.54) is 0 Å². The molecule has 2 rings (SSSR count). The highest BCUT2D eigenvalue weighted by Crippen LogP contribution is 2.33. The van der Waals surface area contributed by atoms with Gasteiger partial charge in [0.25, 0.3) is 5.69 Å². The molecule has 7 nitrogen and oxygen atoms in total. The number of nitrogens with one attached hydrogen (secondary N) is 1. The molecule has 0 spiro atoms. The molecule has 0 aliphatic rings. The average Bonchev–Trinajstić information content (AvgIpc) is 2.60. The molecule has 29 heavy (non-hydrogen) atoms. The molecule has 3 N–H and O–H groups in total. The molecule has 0 saturated carbocycles. The van der Waals surface area contributed by atoms with Gasteiger partial charge in [-0.3, -0.25) is 10.1 Å². The van der Waals surface area contributed by atoms with Crippen LogP contribution in [0.3, 0.4) is 0 Å². The van der Waals surface area contributed by atoms with Gasteiger partial charge in [0.15, 0.2) is 0 Å². The second-order valence-electron chi connectivity index (χ2n) is 5.80. The van der Waals surface area contributed by atoms with Crippen molar-refractivity contribution in [2.75, 3.05) is 7.05 Å². The van der Waals surface area contributed by atoms with Crippen LogP contribution in [0.4, 0.5) is 23.2 Å². The number of sulfonamides is 1. The summed E-state index contributed by atoms with van der Waals surface area (Å²) in [4.78, 5) is 9.96. The van der Waals surface area contributed by atoms with Gasteiger partial charge in [0.05, 0.1) is 15.4 Å². The third-order valence-electron chi connectivity index (χ3n) is 3.98. The van der Waals surface area contributed by atoms with Gasteiger partial charge in [0, 0.05) is 18.2 Å². The van der Waals surface area contributed by atoms with E-state index >= 15 is 0 Å². The Morgan fingerprint density at radius 3 is 2.31 bits per heavy atom. The van der Waals surface area contributed by atoms with E-state index in [2.05, 4.69) is 4.72 Å². The summed E-state index contributed by atoms with van der Waals surface area (Å²) in [5, 5.41) is 11.0. The fraction of sp³-hybridized carbons (Fsp3) is 0.250. The third kappa shape index (κ3) is 5.63. The van der Waals surface area contributed by atoms with E-state index in [0.29, 0.717) is 12.1 Å². The Hall–Kier alpha value is -2.28. The molecule has 1 atom stereocenters. The van der Waals surface area contributed by atoms with Crippen LogP contribution in [0.25, 0.3) is 0 Å². The summed E-state index contributed by atoms with van der Waals surface area (Å²) in [6.45, 7) is 0. The number of hydrogen-bond acceptors (Lipinski definition) is 5. The molecular weight excluding hydrogens is 442 g/mol. The molecule has 0 aliphatic carbocycles. The van der Waals surface area contributed by atoms with E-state index in [9.17, 15) is 36.1 Å². The Bertz CT molecular complexity index is 1020. The molecule has 0 aliphatic heterocycles. The van der Waals surface area contributed by atoms with Crippen molar-refractivity contribution in [1.82, 2.24) is 4.72 Å². The Labute approximate surface area is 169 Å². The number of nitrogens with two attached hydrogens (primary N) is 1. The highest BCUT2D eigenvalue weighted by atomic mass is 35.5. The van der Waals surface area contributed by atoms with Crippen molar-refractivity contribution in [3.63, 3.8) is 0 Å². The second-order valence-corrected chi connectivity index (χ2v) is 7.66. The predicted molar refractivity (Wildman–Crippen MR) is 98.6 cm³/mol. The van der Waals surface area contributed by atoms with Gasteiger partial charge < -0.3 is 5.73 Å². The quantitative estimate of drug-likeness (QED) is 0.392. The minimum atomic E-state index is -4.87. The van der Waals surface area contributed by atoms with Crippen LogP contribution < -0.4 is 10.5 Å². The first-order valence-electron chi connectivity index (χ1n) is 7.70. The number of hydrogen-bond donors (Lipinski definition) is 2. The van der Waals surface area contributed by atoms with E-state index in [1.807, 2.05) is 0 Å². The molecule has 13 heteroatoms. The number of halogens is 5. The molecule has 0 heterocycles. The van der Waals surface area contributed by atoms with Crippen LogP contribution in [-0.2, 0) is 22.6 Å². The molecule has 2 aromatic rings. The maximum atomic E-state index is 13.8. The lowest BCUT2D eigenvalue weighted by atomic mass is 9.98. The molecular formula is C16H16ClF4N3O4S. The largest absolute Gasteiger partial charge is 0.419 e. The fourth-order valence-corrected chi connectivity index (χ4v) is 3.51. The van der Waals surface area contributed by atoms with Gasteiger partial charge in [-0.15, -0.1) is 12.4 Å². The summed E-state index contributed by atoms with van der Waals surface area (Å²) in [6.07, 6.45) is -5.16. The van der Waals surface area contributed by atoms with E-state index in [0.717, 1.165) is 31.3 Å². The Morgan fingerprint density at radius 2 is 1.83 bits per heavy atom. The highest BCUT2D eigenvalue weighted by molar-refractivity contribution is 7.89. The van der Waals surface area contributed by atoms with Crippen LogP contribution >= 0.6 is 12.4 Å². The predicted octanol–water partition coefficient (Wildman–Crippen LogP) is 3.33. The maximum absolute atomic E-state index is 13.8. The van der Waals surface area contributed by atoms with Gasteiger partial charge in [0.2, 0.25) is 10.0 Å². The molecule has 0 unspecified atom stereocenters.